The Morgan fingerprint density at radius 1 is 1.80 bits per heavy atom. The fraction of sp³-hybridized carbons (Fsp3) is 0.333. The van der Waals surface area contributed by atoms with Crippen LogP contribution in [-0.2, 0) is 7.05 Å². The van der Waals surface area contributed by atoms with Gasteiger partial charge in [0.05, 0.1) is 11.8 Å². The van der Waals surface area contributed by atoms with Gasteiger partial charge in [0.25, 0.3) is 5.91 Å². The van der Waals surface area contributed by atoms with Gasteiger partial charge in [0.1, 0.15) is 0 Å². The quantitative estimate of drug-likeness (QED) is 0.584. The second-order valence-electron chi connectivity index (χ2n) is 1.98. The average Bonchev–Trinajstić information content (AvgIpc) is 2.34. The summed E-state index contributed by atoms with van der Waals surface area (Å²) in [5.41, 5.74) is 0.588. The van der Waals surface area contributed by atoms with E-state index in [0.717, 1.165) is 0 Å². The van der Waals surface area contributed by atoms with Gasteiger partial charge in [-0.2, -0.15) is 5.10 Å². The van der Waals surface area contributed by atoms with Crippen LogP contribution in [0.1, 0.15) is 10.4 Å². The van der Waals surface area contributed by atoms with Crippen molar-refractivity contribution in [2.24, 2.45) is 7.05 Å². The molecule has 4 heteroatoms. The van der Waals surface area contributed by atoms with E-state index in [2.05, 4.69) is 10.4 Å². The Balaban J connectivity index is 2.85. The molecule has 0 bridgehead atoms. The van der Waals surface area contributed by atoms with Gasteiger partial charge in [-0.3, -0.25) is 9.48 Å². The molecule has 0 saturated heterocycles. The Morgan fingerprint density at radius 3 is 2.90 bits per heavy atom. The lowest BCUT2D eigenvalue weighted by atomic mass is 10.3. The van der Waals surface area contributed by atoms with Crippen LogP contribution in [0.3, 0.4) is 0 Å². The molecular formula is C6H9N3O. The van der Waals surface area contributed by atoms with Gasteiger partial charge in [-0.15, -0.1) is 0 Å². The molecule has 1 aromatic rings. The van der Waals surface area contributed by atoms with Crippen LogP contribution >= 0.6 is 0 Å². The Morgan fingerprint density at radius 2 is 2.50 bits per heavy atom. The monoisotopic (exact) mass is 139 g/mol. The maximum Gasteiger partial charge on any atom is 0.254 e. The second kappa shape index (κ2) is 2.51. The summed E-state index contributed by atoms with van der Waals surface area (Å²) in [4.78, 5) is 10.9. The van der Waals surface area contributed by atoms with Gasteiger partial charge < -0.3 is 5.32 Å². The molecule has 0 unspecified atom stereocenters. The maximum absolute atomic E-state index is 10.9. The van der Waals surface area contributed by atoms with E-state index < -0.39 is 0 Å². The Labute approximate surface area is 58.8 Å². The number of nitrogens with zero attached hydrogens (tertiary/aromatic N) is 2. The number of rotatable bonds is 1. The van der Waals surface area contributed by atoms with Gasteiger partial charge in [-0.25, -0.2) is 0 Å². The minimum atomic E-state index is -0.104. The van der Waals surface area contributed by atoms with E-state index in [4.69, 9.17) is 0 Å². The number of aromatic nitrogens is 2. The number of amides is 1. The van der Waals surface area contributed by atoms with Crippen LogP contribution in [0.2, 0.25) is 0 Å². The summed E-state index contributed by atoms with van der Waals surface area (Å²) in [6.45, 7) is 0. The molecule has 0 radical (unpaired) electrons. The zero-order valence-corrected chi connectivity index (χ0v) is 5.96. The lowest BCUT2D eigenvalue weighted by molar-refractivity contribution is 0.0963. The lowest BCUT2D eigenvalue weighted by Gasteiger charge is -1.90. The molecule has 0 aliphatic heterocycles. The van der Waals surface area contributed by atoms with Gasteiger partial charge in [0.15, 0.2) is 0 Å². The SMILES string of the molecule is CNC(=O)c1cnn(C)c1. The first kappa shape index (κ1) is 6.80. The Hall–Kier alpha value is -1.32. The minimum Gasteiger partial charge on any atom is -0.355 e. The summed E-state index contributed by atoms with van der Waals surface area (Å²) in [5, 5.41) is 6.34. The first-order chi connectivity index (χ1) is 4.74. The lowest BCUT2D eigenvalue weighted by Crippen LogP contribution is -2.16. The second-order valence-corrected chi connectivity index (χ2v) is 1.98. The van der Waals surface area contributed by atoms with Crippen LogP contribution in [-0.4, -0.2) is 22.7 Å². The van der Waals surface area contributed by atoms with Gasteiger partial charge in [0.2, 0.25) is 0 Å². The molecular weight excluding hydrogens is 130 g/mol. The Kier molecular flexibility index (Phi) is 1.71. The predicted molar refractivity (Wildman–Crippen MR) is 36.6 cm³/mol. The summed E-state index contributed by atoms with van der Waals surface area (Å²) in [7, 11) is 3.36. The van der Waals surface area contributed by atoms with E-state index >= 15 is 0 Å². The van der Waals surface area contributed by atoms with Crippen LogP contribution in [0.15, 0.2) is 12.4 Å². The normalized spacial score (nSPS) is 9.40. The van der Waals surface area contributed by atoms with E-state index in [1.165, 1.54) is 6.20 Å². The highest BCUT2D eigenvalue weighted by Gasteiger charge is 2.02. The molecule has 1 rings (SSSR count). The van der Waals surface area contributed by atoms with Crippen molar-refractivity contribution in [1.82, 2.24) is 15.1 Å². The zero-order valence-electron chi connectivity index (χ0n) is 5.96. The highest BCUT2D eigenvalue weighted by atomic mass is 16.1. The van der Waals surface area contributed by atoms with Crippen LogP contribution in [0, 0.1) is 0 Å². The molecule has 54 valence electrons. The van der Waals surface area contributed by atoms with E-state index in [1.807, 2.05) is 0 Å². The number of aryl methyl sites for hydroxylation is 1. The molecule has 1 amide bonds. The highest BCUT2D eigenvalue weighted by molar-refractivity contribution is 5.93. The van der Waals surface area contributed by atoms with Crippen molar-refractivity contribution in [2.45, 2.75) is 0 Å². The molecule has 1 N–H and O–H groups in total. The molecule has 0 aliphatic rings. The van der Waals surface area contributed by atoms with Crippen molar-refractivity contribution in [3.05, 3.63) is 18.0 Å². The minimum absolute atomic E-state index is 0.104. The third-order valence-electron chi connectivity index (χ3n) is 1.19. The fourth-order valence-electron chi connectivity index (χ4n) is 0.683. The number of carbonyl (C=O) groups excluding carboxylic acids is 1. The van der Waals surface area contributed by atoms with E-state index in [0.29, 0.717) is 5.56 Å². The zero-order chi connectivity index (χ0) is 7.56. The summed E-state index contributed by atoms with van der Waals surface area (Å²) >= 11 is 0. The summed E-state index contributed by atoms with van der Waals surface area (Å²) in [6.07, 6.45) is 3.19. The summed E-state index contributed by atoms with van der Waals surface area (Å²) in [6, 6.07) is 0. The molecule has 1 aromatic heterocycles. The largest absolute Gasteiger partial charge is 0.355 e. The standard InChI is InChI=1S/C6H9N3O/c1-7-6(10)5-3-8-9(2)4-5/h3-4H,1-2H3,(H,7,10). The first-order valence-corrected chi connectivity index (χ1v) is 2.95. The van der Waals surface area contributed by atoms with Gasteiger partial charge in [-0.05, 0) is 0 Å². The first-order valence-electron chi connectivity index (χ1n) is 2.95. The molecule has 0 fully saturated rings. The number of carbonyl (C=O) groups is 1. The number of nitrogens with one attached hydrogen (secondary N) is 1. The molecule has 4 nitrogen and oxygen atoms in total. The van der Waals surface area contributed by atoms with Crippen LogP contribution in [0.25, 0.3) is 0 Å². The summed E-state index contributed by atoms with van der Waals surface area (Å²) < 4.78 is 1.59. The van der Waals surface area contributed by atoms with E-state index in [-0.39, 0.29) is 5.91 Å². The predicted octanol–water partition coefficient (Wildman–Crippen LogP) is -0.220. The molecule has 0 atom stereocenters. The average molecular weight is 139 g/mol. The van der Waals surface area contributed by atoms with Crippen molar-refractivity contribution in [3.63, 3.8) is 0 Å². The summed E-state index contributed by atoms with van der Waals surface area (Å²) in [5.74, 6) is -0.104. The van der Waals surface area contributed by atoms with Crippen LogP contribution < -0.4 is 5.32 Å². The Bertz CT molecular complexity index is 241. The van der Waals surface area contributed by atoms with Crippen molar-refractivity contribution < 1.29 is 4.79 Å². The molecule has 0 aliphatic carbocycles. The molecule has 0 aromatic carbocycles. The fourth-order valence-corrected chi connectivity index (χ4v) is 0.683. The third-order valence-corrected chi connectivity index (χ3v) is 1.19. The molecule has 0 saturated carbocycles. The topological polar surface area (TPSA) is 46.9 Å². The van der Waals surface area contributed by atoms with Crippen LogP contribution in [0.5, 0.6) is 0 Å². The van der Waals surface area contributed by atoms with Crippen molar-refractivity contribution in [1.29, 1.82) is 0 Å². The molecule has 0 spiro atoms. The molecule has 1 heterocycles. The maximum atomic E-state index is 10.9. The van der Waals surface area contributed by atoms with Crippen LogP contribution in [0.4, 0.5) is 0 Å². The van der Waals surface area contributed by atoms with Gasteiger partial charge in [-0.1, -0.05) is 0 Å². The molecule has 10 heavy (non-hydrogen) atoms. The number of hydrogen-bond acceptors (Lipinski definition) is 2. The van der Waals surface area contributed by atoms with Gasteiger partial charge in [0, 0.05) is 20.3 Å². The van der Waals surface area contributed by atoms with Crippen molar-refractivity contribution in [3.8, 4) is 0 Å². The third kappa shape index (κ3) is 1.15. The van der Waals surface area contributed by atoms with E-state index in [9.17, 15) is 4.79 Å². The van der Waals surface area contributed by atoms with Gasteiger partial charge >= 0.3 is 0 Å². The smallest absolute Gasteiger partial charge is 0.254 e. The van der Waals surface area contributed by atoms with E-state index in [1.54, 1.807) is 25.0 Å². The highest BCUT2D eigenvalue weighted by Crippen LogP contribution is 1.93. The van der Waals surface area contributed by atoms with Crippen molar-refractivity contribution in [2.75, 3.05) is 7.05 Å². The van der Waals surface area contributed by atoms with Crippen molar-refractivity contribution >= 4 is 5.91 Å². The number of hydrogen-bond donors (Lipinski definition) is 1.